The summed E-state index contributed by atoms with van der Waals surface area (Å²) < 4.78 is 0. The zero-order valence-electron chi connectivity index (χ0n) is 11.5. The summed E-state index contributed by atoms with van der Waals surface area (Å²) in [7, 11) is 0. The molecule has 21 heavy (non-hydrogen) atoms. The molecule has 108 valence electrons. The molecule has 1 aromatic heterocycles. The third kappa shape index (κ3) is 2.50. The maximum absolute atomic E-state index is 10.8. The smallest absolute Gasteiger partial charge is 0.404 e. The van der Waals surface area contributed by atoms with Gasteiger partial charge in [-0.25, -0.2) is 4.79 Å². The lowest BCUT2D eigenvalue weighted by molar-refractivity contribution is 0.188. The van der Waals surface area contributed by atoms with Gasteiger partial charge < -0.3 is 20.3 Å². The molecule has 0 spiro atoms. The molecule has 1 aliphatic heterocycles. The van der Waals surface area contributed by atoms with E-state index >= 15 is 0 Å². The number of piperidine rings is 1. The highest BCUT2D eigenvalue weighted by molar-refractivity contribution is 5.96. The summed E-state index contributed by atoms with van der Waals surface area (Å²) in [6.07, 6.45) is 2.64. The van der Waals surface area contributed by atoms with Gasteiger partial charge in [0.25, 0.3) is 0 Å². The molecule has 1 aliphatic rings. The Balaban J connectivity index is 1.92. The lowest BCUT2D eigenvalue weighted by Gasteiger charge is -2.34. The van der Waals surface area contributed by atoms with Crippen molar-refractivity contribution in [3.05, 3.63) is 30.0 Å². The van der Waals surface area contributed by atoms with E-state index in [0.717, 1.165) is 36.0 Å². The molecule has 1 aromatic carbocycles. The van der Waals surface area contributed by atoms with E-state index in [0.29, 0.717) is 12.1 Å². The van der Waals surface area contributed by atoms with Crippen molar-refractivity contribution in [1.82, 2.24) is 10.3 Å². The molecule has 3 rings (SSSR count). The van der Waals surface area contributed by atoms with Crippen molar-refractivity contribution >= 4 is 22.7 Å². The van der Waals surface area contributed by atoms with E-state index in [4.69, 9.17) is 10.4 Å². The quantitative estimate of drug-likeness (QED) is 0.788. The maximum Gasteiger partial charge on any atom is 0.404 e. The highest BCUT2D eigenvalue weighted by atomic mass is 16.4. The molecule has 1 fully saturated rings. The van der Waals surface area contributed by atoms with Gasteiger partial charge in [0, 0.05) is 36.4 Å². The van der Waals surface area contributed by atoms with Crippen LogP contribution < -0.4 is 10.2 Å². The number of benzene rings is 1. The van der Waals surface area contributed by atoms with Crippen LogP contribution in [0.3, 0.4) is 0 Å². The molecule has 0 bridgehead atoms. The average molecular weight is 284 g/mol. The molecular formula is C15H16N4O2. The van der Waals surface area contributed by atoms with Gasteiger partial charge in [0.2, 0.25) is 0 Å². The van der Waals surface area contributed by atoms with Crippen molar-refractivity contribution in [1.29, 1.82) is 5.26 Å². The molecule has 1 saturated heterocycles. The maximum atomic E-state index is 10.8. The fourth-order valence-corrected chi connectivity index (χ4v) is 3.00. The van der Waals surface area contributed by atoms with Crippen LogP contribution >= 0.6 is 0 Å². The number of nitrogens with one attached hydrogen (secondary N) is 2. The van der Waals surface area contributed by atoms with Gasteiger partial charge >= 0.3 is 6.09 Å². The van der Waals surface area contributed by atoms with Crippen molar-refractivity contribution in [2.75, 3.05) is 18.0 Å². The first-order valence-corrected chi connectivity index (χ1v) is 6.93. The zero-order chi connectivity index (χ0) is 14.8. The molecule has 0 aliphatic carbocycles. The molecule has 6 nitrogen and oxygen atoms in total. The Labute approximate surface area is 122 Å². The summed E-state index contributed by atoms with van der Waals surface area (Å²) in [6, 6.07) is 7.83. The normalized spacial score (nSPS) is 18.4. The summed E-state index contributed by atoms with van der Waals surface area (Å²) in [5.74, 6) is 0. The zero-order valence-corrected chi connectivity index (χ0v) is 11.5. The van der Waals surface area contributed by atoms with Crippen LogP contribution in [0.2, 0.25) is 0 Å². The van der Waals surface area contributed by atoms with Crippen LogP contribution in [0, 0.1) is 11.3 Å². The Morgan fingerprint density at radius 3 is 3.10 bits per heavy atom. The Bertz CT molecular complexity index is 716. The molecule has 2 aromatic rings. The summed E-state index contributed by atoms with van der Waals surface area (Å²) in [6.45, 7) is 1.54. The number of anilines is 1. The second-order valence-corrected chi connectivity index (χ2v) is 5.25. The Kier molecular flexibility index (Phi) is 3.40. The van der Waals surface area contributed by atoms with E-state index in [-0.39, 0.29) is 6.04 Å². The first-order valence-electron chi connectivity index (χ1n) is 6.93. The molecule has 1 unspecified atom stereocenters. The molecule has 1 atom stereocenters. The first-order chi connectivity index (χ1) is 10.2. The number of amides is 1. The number of rotatable bonds is 2. The van der Waals surface area contributed by atoms with Crippen LogP contribution in [0.4, 0.5) is 10.5 Å². The van der Waals surface area contributed by atoms with E-state index in [2.05, 4.69) is 21.3 Å². The summed E-state index contributed by atoms with van der Waals surface area (Å²) in [5.41, 5.74) is 2.50. The van der Waals surface area contributed by atoms with Gasteiger partial charge in [-0.3, -0.25) is 0 Å². The van der Waals surface area contributed by atoms with Gasteiger partial charge in [-0.15, -0.1) is 0 Å². The summed E-state index contributed by atoms with van der Waals surface area (Å²) in [5, 5.41) is 21.6. The fourth-order valence-electron chi connectivity index (χ4n) is 3.00. The summed E-state index contributed by atoms with van der Waals surface area (Å²) in [4.78, 5) is 16.1. The second kappa shape index (κ2) is 5.37. The molecule has 0 radical (unpaired) electrons. The predicted octanol–water partition coefficient (Wildman–Crippen LogP) is 2.28. The lowest BCUT2D eigenvalue weighted by atomic mass is 10.0. The SMILES string of the molecule is N#Cc1ccc(N2CCCC(NC(=O)O)C2)c2cc[nH]c12. The lowest BCUT2D eigenvalue weighted by Crippen LogP contribution is -2.47. The van der Waals surface area contributed by atoms with Crippen LogP contribution in [0.5, 0.6) is 0 Å². The van der Waals surface area contributed by atoms with Crippen LogP contribution in [0.25, 0.3) is 10.9 Å². The number of fused-ring (bicyclic) bond motifs is 1. The number of hydrogen-bond donors (Lipinski definition) is 3. The van der Waals surface area contributed by atoms with Crippen LogP contribution in [0.15, 0.2) is 24.4 Å². The van der Waals surface area contributed by atoms with E-state index in [1.54, 1.807) is 0 Å². The van der Waals surface area contributed by atoms with Gasteiger partial charge in [0.1, 0.15) is 6.07 Å². The standard InChI is InChI=1S/C15H16N4O2/c16-8-10-3-4-13(12-5-6-17-14(10)12)19-7-1-2-11(9-19)18-15(20)21/h3-6,11,17-18H,1-2,7,9H2,(H,20,21). The van der Waals surface area contributed by atoms with Crippen molar-refractivity contribution in [2.24, 2.45) is 0 Å². The van der Waals surface area contributed by atoms with Gasteiger partial charge in [0.05, 0.1) is 11.1 Å². The first kappa shape index (κ1) is 13.3. The summed E-state index contributed by atoms with van der Waals surface area (Å²) >= 11 is 0. The predicted molar refractivity (Wildman–Crippen MR) is 79.4 cm³/mol. The largest absolute Gasteiger partial charge is 0.465 e. The number of nitriles is 1. The van der Waals surface area contributed by atoms with E-state index in [1.807, 2.05) is 24.4 Å². The van der Waals surface area contributed by atoms with Gasteiger partial charge in [-0.05, 0) is 31.0 Å². The molecule has 0 saturated carbocycles. The highest BCUT2D eigenvalue weighted by Crippen LogP contribution is 2.30. The highest BCUT2D eigenvalue weighted by Gasteiger charge is 2.23. The van der Waals surface area contributed by atoms with E-state index < -0.39 is 6.09 Å². The van der Waals surface area contributed by atoms with Gasteiger partial charge in [-0.1, -0.05) is 0 Å². The minimum atomic E-state index is -0.978. The average Bonchev–Trinajstić information content (AvgIpc) is 2.95. The van der Waals surface area contributed by atoms with Crippen LogP contribution in [-0.4, -0.2) is 35.3 Å². The number of carboxylic acid groups (broad SMARTS) is 1. The molecule has 6 heteroatoms. The van der Waals surface area contributed by atoms with E-state index in [1.165, 1.54) is 0 Å². The molecular weight excluding hydrogens is 268 g/mol. The second-order valence-electron chi connectivity index (χ2n) is 5.25. The Hall–Kier alpha value is -2.68. The number of carbonyl (C=O) groups is 1. The fraction of sp³-hybridized carbons (Fsp3) is 0.333. The van der Waals surface area contributed by atoms with Crippen molar-refractivity contribution in [2.45, 2.75) is 18.9 Å². The third-order valence-electron chi connectivity index (χ3n) is 3.91. The van der Waals surface area contributed by atoms with Gasteiger partial charge in [-0.2, -0.15) is 5.26 Å². The van der Waals surface area contributed by atoms with Crippen molar-refractivity contribution in [3.63, 3.8) is 0 Å². The van der Waals surface area contributed by atoms with E-state index in [9.17, 15) is 4.79 Å². The van der Waals surface area contributed by atoms with Crippen molar-refractivity contribution < 1.29 is 9.90 Å². The Morgan fingerprint density at radius 2 is 2.33 bits per heavy atom. The number of hydrogen-bond acceptors (Lipinski definition) is 3. The number of nitrogens with zero attached hydrogens (tertiary/aromatic N) is 2. The topological polar surface area (TPSA) is 92.2 Å². The minimum absolute atomic E-state index is 0.0547. The van der Waals surface area contributed by atoms with Crippen LogP contribution in [0.1, 0.15) is 18.4 Å². The van der Waals surface area contributed by atoms with Gasteiger partial charge in [0.15, 0.2) is 0 Å². The monoisotopic (exact) mass is 284 g/mol. The van der Waals surface area contributed by atoms with Crippen molar-refractivity contribution in [3.8, 4) is 6.07 Å². The molecule has 3 N–H and O–H groups in total. The van der Waals surface area contributed by atoms with Crippen LogP contribution in [-0.2, 0) is 0 Å². The number of H-pyrrole nitrogens is 1. The number of aromatic amines is 1. The number of aromatic nitrogens is 1. The Morgan fingerprint density at radius 1 is 1.48 bits per heavy atom. The minimum Gasteiger partial charge on any atom is -0.465 e. The third-order valence-corrected chi connectivity index (χ3v) is 3.91. The molecule has 1 amide bonds. The molecule has 2 heterocycles.